The quantitative estimate of drug-likeness (QED) is 0.840. The Labute approximate surface area is 112 Å². The zero-order valence-corrected chi connectivity index (χ0v) is 11.1. The van der Waals surface area contributed by atoms with E-state index in [-0.39, 0.29) is 11.5 Å². The number of carbonyl (C=O) groups is 1. The van der Waals surface area contributed by atoms with Crippen LogP contribution in [0.3, 0.4) is 0 Å². The summed E-state index contributed by atoms with van der Waals surface area (Å²) >= 11 is 0. The maximum atomic E-state index is 12.4. The maximum Gasteiger partial charge on any atom is 0.255 e. The highest BCUT2D eigenvalue weighted by Crippen LogP contribution is 2.36. The molecule has 0 aromatic carbocycles. The predicted molar refractivity (Wildman–Crippen MR) is 73.0 cm³/mol. The van der Waals surface area contributed by atoms with Gasteiger partial charge in [-0.15, -0.1) is 0 Å². The molecule has 1 aliphatic heterocycles. The highest BCUT2D eigenvalue weighted by atomic mass is 16.2. The molecule has 0 bridgehead atoms. The van der Waals surface area contributed by atoms with Gasteiger partial charge in [-0.25, -0.2) is 0 Å². The smallest absolute Gasteiger partial charge is 0.255 e. The third-order valence-electron chi connectivity index (χ3n) is 4.61. The molecule has 1 aliphatic carbocycles. The number of amides is 1. The fourth-order valence-electron chi connectivity index (χ4n) is 3.51. The number of likely N-dealkylation sites (tertiary alicyclic amines) is 1. The third kappa shape index (κ3) is 2.57. The second-order valence-electron chi connectivity index (χ2n) is 5.79. The van der Waals surface area contributed by atoms with E-state index < -0.39 is 0 Å². The molecule has 1 aromatic rings. The van der Waals surface area contributed by atoms with Crippen LogP contribution < -0.4 is 5.56 Å². The minimum absolute atomic E-state index is 0.0558. The second kappa shape index (κ2) is 5.19. The first-order valence-electron chi connectivity index (χ1n) is 7.22. The van der Waals surface area contributed by atoms with E-state index in [9.17, 15) is 9.59 Å². The molecule has 1 saturated heterocycles. The van der Waals surface area contributed by atoms with E-state index in [1.54, 1.807) is 6.07 Å². The molecule has 4 heteroatoms. The average Bonchev–Trinajstić information content (AvgIpc) is 2.47. The van der Waals surface area contributed by atoms with E-state index in [1.165, 1.54) is 37.9 Å². The highest BCUT2D eigenvalue weighted by molar-refractivity contribution is 5.93. The van der Waals surface area contributed by atoms with Crippen molar-refractivity contribution in [1.29, 1.82) is 0 Å². The Morgan fingerprint density at radius 1 is 1.16 bits per heavy atom. The molecule has 1 amide bonds. The molecule has 19 heavy (non-hydrogen) atoms. The van der Waals surface area contributed by atoms with Crippen molar-refractivity contribution in [2.24, 2.45) is 11.8 Å². The van der Waals surface area contributed by atoms with Gasteiger partial charge in [-0.3, -0.25) is 9.59 Å². The number of carbonyl (C=O) groups excluding carboxylic acids is 1. The molecule has 2 fully saturated rings. The summed E-state index contributed by atoms with van der Waals surface area (Å²) in [6.45, 7) is 1.75. The lowest BCUT2D eigenvalue weighted by Gasteiger charge is -2.41. The summed E-state index contributed by atoms with van der Waals surface area (Å²) in [5.74, 6) is 1.57. The lowest BCUT2D eigenvalue weighted by Crippen LogP contribution is -2.44. The van der Waals surface area contributed by atoms with Crippen molar-refractivity contribution >= 4 is 5.91 Å². The Balaban J connectivity index is 1.70. The van der Waals surface area contributed by atoms with Gasteiger partial charge in [0.15, 0.2) is 0 Å². The minimum Gasteiger partial charge on any atom is -0.338 e. The molecule has 2 unspecified atom stereocenters. The predicted octanol–water partition coefficient (Wildman–Crippen LogP) is 2.03. The summed E-state index contributed by atoms with van der Waals surface area (Å²) in [6.07, 6.45) is 7.93. The van der Waals surface area contributed by atoms with E-state index in [2.05, 4.69) is 4.98 Å². The molecule has 1 saturated carbocycles. The molecular formula is C15H20N2O2. The molecular weight excluding hydrogens is 240 g/mol. The highest BCUT2D eigenvalue weighted by Gasteiger charge is 2.33. The van der Waals surface area contributed by atoms with Gasteiger partial charge in [0.2, 0.25) is 5.56 Å². The van der Waals surface area contributed by atoms with Crippen molar-refractivity contribution in [3.8, 4) is 0 Å². The van der Waals surface area contributed by atoms with Gasteiger partial charge in [-0.05, 0) is 30.7 Å². The molecule has 4 nitrogen and oxygen atoms in total. The number of pyridine rings is 1. The zero-order chi connectivity index (χ0) is 13.2. The fraction of sp³-hybridized carbons (Fsp3) is 0.600. The van der Waals surface area contributed by atoms with Crippen molar-refractivity contribution in [3.63, 3.8) is 0 Å². The van der Waals surface area contributed by atoms with Gasteiger partial charge < -0.3 is 9.88 Å². The van der Waals surface area contributed by atoms with Gasteiger partial charge in [0.25, 0.3) is 5.91 Å². The first-order chi connectivity index (χ1) is 9.24. The molecule has 1 aromatic heterocycles. The Hall–Kier alpha value is -1.58. The van der Waals surface area contributed by atoms with Crippen LogP contribution in [0, 0.1) is 11.8 Å². The number of nitrogens with zero attached hydrogens (tertiary/aromatic N) is 1. The lowest BCUT2D eigenvalue weighted by atomic mass is 9.75. The summed E-state index contributed by atoms with van der Waals surface area (Å²) in [5.41, 5.74) is 0.427. The van der Waals surface area contributed by atoms with E-state index in [1.807, 2.05) is 4.90 Å². The largest absolute Gasteiger partial charge is 0.338 e. The summed E-state index contributed by atoms with van der Waals surface area (Å²) in [4.78, 5) is 27.9. The Morgan fingerprint density at radius 2 is 1.95 bits per heavy atom. The molecule has 2 heterocycles. The SMILES string of the molecule is O=C(c1ccc(=O)[nH]c1)N1CCC2CCCCC2C1. The molecule has 0 spiro atoms. The molecule has 2 atom stereocenters. The van der Waals surface area contributed by atoms with Gasteiger partial charge in [0, 0.05) is 25.4 Å². The normalized spacial score (nSPS) is 26.8. The van der Waals surface area contributed by atoms with Gasteiger partial charge in [0.1, 0.15) is 0 Å². The van der Waals surface area contributed by atoms with Crippen LogP contribution in [-0.2, 0) is 0 Å². The first kappa shape index (κ1) is 12.5. The van der Waals surface area contributed by atoms with Crippen LogP contribution in [0.1, 0.15) is 42.5 Å². The number of fused-ring (bicyclic) bond motifs is 1. The van der Waals surface area contributed by atoms with E-state index in [0.29, 0.717) is 11.5 Å². The number of aromatic nitrogens is 1. The van der Waals surface area contributed by atoms with Crippen molar-refractivity contribution in [2.75, 3.05) is 13.1 Å². The lowest BCUT2D eigenvalue weighted by molar-refractivity contribution is 0.0520. The van der Waals surface area contributed by atoms with Crippen molar-refractivity contribution in [2.45, 2.75) is 32.1 Å². The van der Waals surface area contributed by atoms with E-state index in [0.717, 1.165) is 25.4 Å². The van der Waals surface area contributed by atoms with Gasteiger partial charge in [-0.2, -0.15) is 0 Å². The van der Waals surface area contributed by atoms with Gasteiger partial charge in [0.05, 0.1) is 5.56 Å². The van der Waals surface area contributed by atoms with Crippen LogP contribution in [0.5, 0.6) is 0 Å². The first-order valence-corrected chi connectivity index (χ1v) is 7.22. The zero-order valence-electron chi connectivity index (χ0n) is 11.1. The molecule has 2 aliphatic rings. The third-order valence-corrected chi connectivity index (χ3v) is 4.61. The van der Waals surface area contributed by atoms with Crippen LogP contribution in [0.15, 0.2) is 23.1 Å². The average molecular weight is 260 g/mol. The molecule has 0 radical (unpaired) electrons. The number of piperidine rings is 1. The second-order valence-corrected chi connectivity index (χ2v) is 5.79. The Kier molecular flexibility index (Phi) is 3.40. The maximum absolute atomic E-state index is 12.4. The van der Waals surface area contributed by atoms with Crippen LogP contribution in [0.2, 0.25) is 0 Å². The topological polar surface area (TPSA) is 53.2 Å². The van der Waals surface area contributed by atoms with Gasteiger partial charge in [-0.1, -0.05) is 19.3 Å². The Bertz CT molecular complexity index is 503. The number of hydrogen-bond donors (Lipinski definition) is 1. The fourth-order valence-corrected chi connectivity index (χ4v) is 3.51. The van der Waals surface area contributed by atoms with Crippen molar-refractivity contribution in [3.05, 3.63) is 34.2 Å². The number of rotatable bonds is 1. The summed E-state index contributed by atoms with van der Waals surface area (Å²) < 4.78 is 0. The summed E-state index contributed by atoms with van der Waals surface area (Å²) in [7, 11) is 0. The molecule has 3 rings (SSSR count). The monoisotopic (exact) mass is 260 g/mol. The van der Waals surface area contributed by atoms with Crippen LogP contribution in [-0.4, -0.2) is 28.9 Å². The Morgan fingerprint density at radius 3 is 2.68 bits per heavy atom. The standard InChI is InChI=1S/C15H20N2O2/c18-14-6-5-12(9-16-14)15(19)17-8-7-11-3-1-2-4-13(11)10-17/h5-6,9,11,13H,1-4,7-8,10H2,(H,16,18). The molecule has 102 valence electrons. The van der Waals surface area contributed by atoms with Crippen LogP contribution in [0.4, 0.5) is 0 Å². The van der Waals surface area contributed by atoms with Crippen LogP contribution in [0.25, 0.3) is 0 Å². The van der Waals surface area contributed by atoms with Crippen LogP contribution >= 0.6 is 0 Å². The number of nitrogens with one attached hydrogen (secondary N) is 1. The minimum atomic E-state index is -0.164. The van der Waals surface area contributed by atoms with E-state index >= 15 is 0 Å². The van der Waals surface area contributed by atoms with Crippen molar-refractivity contribution < 1.29 is 4.79 Å². The van der Waals surface area contributed by atoms with E-state index in [4.69, 9.17) is 0 Å². The van der Waals surface area contributed by atoms with Gasteiger partial charge >= 0.3 is 0 Å². The van der Waals surface area contributed by atoms with Crippen molar-refractivity contribution in [1.82, 2.24) is 9.88 Å². The molecule has 1 N–H and O–H groups in total. The number of H-pyrrole nitrogens is 1. The number of aromatic amines is 1. The summed E-state index contributed by atoms with van der Waals surface area (Å²) in [5, 5.41) is 0. The summed E-state index contributed by atoms with van der Waals surface area (Å²) in [6, 6.07) is 3.04. The number of hydrogen-bond acceptors (Lipinski definition) is 2.